The van der Waals surface area contributed by atoms with Crippen LogP contribution < -0.4 is 0 Å². The van der Waals surface area contributed by atoms with E-state index in [4.69, 9.17) is 11.6 Å². The number of alkyl halides is 1. The molecule has 0 aromatic rings. The molecule has 5 heteroatoms. The van der Waals surface area contributed by atoms with Crippen LogP contribution in [0.25, 0.3) is 0 Å². The van der Waals surface area contributed by atoms with E-state index >= 15 is 0 Å². The number of likely N-dealkylation sites (tertiary alicyclic amines) is 1. The van der Waals surface area contributed by atoms with Gasteiger partial charge in [0.15, 0.2) is 0 Å². The predicted molar refractivity (Wildman–Crippen MR) is 56.0 cm³/mol. The molecule has 0 unspecified atom stereocenters. The van der Waals surface area contributed by atoms with Crippen LogP contribution in [0.4, 0.5) is 0 Å². The zero-order chi connectivity index (χ0) is 11.7. The molecule has 0 N–H and O–H groups in total. The third kappa shape index (κ3) is 1.86. The third-order valence-electron chi connectivity index (χ3n) is 2.38. The zero-order valence-corrected chi connectivity index (χ0v) is 9.96. The molecule has 1 fully saturated rings. The molecule has 0 spiro atoms. The highest BCUT2D eigenvalue weighted by molar-refractivity contribution is 6.26. The molecule has 0 aromatic heterocycles. The van der Waals surface area contributed by atoms with Crippen molar-refractivity contribution in [2.45, 2.75) is 26.3 Å². The van der Waals surface area contributed by atoms with Crippen LogP contribution in [-0.2, 0) is 14.3 Å². The van der Waals surface area contributed by atoms with Crippen molar-refractivity contribution in [3.05, 3.63) is 11.3 Å². The standard InChI is InChI=1S/C10H14ClNO3/c1-5(2)7(10(14)15-4)12-8(11)6(3)9(12)13/h6,8H,1-4H3/t6-,8-/m0/s1. The van der Waals surface area contributed by atoms with Crippen LogP contribution in [0.15, 0.2) is 11.3 Å². The van der Waals surface area contributed by atoms with Gasteiger partial charge in [-0.1, -0.05) is 18.5 Å². The lowest BCUT2D eigenvalue weighted by molar-refractivity contribution is -0.152. The Bertz CT molecular complexity index is 334. The maximum Gasteiger partial charge on any atom is 0.354 e. The Balaban J connectivity index is 3.00. The summed E-state index contributed by atoms with van der Waals surface area (Å²) in [5.41, 5.74) is 0.509. The maximum absolute atomic E-state index is 11.5. The number of nitrogens with zero attached hydrogens (tertiary/aromatic N) is 1. The summed E-state index contributed by atoms with van der Waals surface area (Å²) < 4.78 is 4.61. The molecule has 2 atom stereocenters. The van der Waals surface area contributed by atoms with Crippen molar-refractivity contribution in [1.29, 1.82) is 0 Å². The molecule has 1 aliphatic rings. The Morgan fingerprint density at radius 3 is 2.33 bits per heavy atom. The van der Waals surface area contributed by atoms with E-state index in [1.54, 1.807) is 20.8 Å². The van der Waals surface area contributed by atoms with Crippen LogP contribution in [-0.4, -0.2) is 29.4 Å². The van der Waals surface area contributed by atoms with Crippen LogP contribution >= 0.6 is 11.6 Å². The predicted octanol–water partition coefficient (Wildman–Crippen LogP) is 1.50. The molecule has 0 aliphatic carbocycles. The summed E-state index contributed by atoms with van der Waals surface area (Å²) in [5.74, 6) is -0.914. The van der Waals surface area contributed by atoms with Gasteiger partial charge in [-0.3, -0.25) is 9.69 Å². The highest BCUT2D eigenvalue weighted by Crippen LogP contribution is 2.34. The molecule has 0 bridgehead atoms. The molecule has 1 rings (SSSR count). The van der Waals surface area contributed by atoms with Crippen molar-refractivity contribution in [1.82, 2.24) is 4.90 Å². The fraction of sp³-hybridized carbons (Fsp3) is 0.600. The number of hydrogen-bond acceptors (Lipinski definition) is 3. The normalized spacial score (nSPS) is 24.6. The van der Waals surface area contributed by atoms with Crippen molar-refractivity contribution >= 4 is 23.5 Å². The smallest absolute Gasteiger partial charge is 0.354 e. The lowest BCUT2D eigenvalue weighted by Gasteiger charge is -2.42. The van der Waals surface area contributed by atoms with Gasteiger partial charge < -0.3 is 4.74 Å². The third-order valence-corrected chi connectivity index (χ3v) is 2.95. The molecule has 4 nitrogen and oxygen atoms in total. The average molecular weight is 232 g/mol. The first-order chi connectivity index (χ1) is 6.91. The molecule has 84 valence electrons. The Hall–Kier alpha value is -1.03. The van der Waals surface area contributed by atoms with E-state index in [-0.39, 0.29) is 17.5 Å². The van der Waals surface area contributed by atoms with Crippen LogP contribution in [0.2, 0.25) is 0 Å². The van der Waals surface area contributed by atoms with E-state index in [0.29, 0.717) is 5.57 Å². The van der Waals surface area contributed by atoms with E-state index in [1.807, 2.05) is 0 Å². The van der Waals surface area contributed by atoms with Gasteiger partial charge in [0, 0.05) is 0 Å². The van der Waals surface area contributed by atoms with E-state index in [9.17, 15) is 9.59 Å². The lowest BCUT2D eigenvalue weighted by atomic mass is 9.98. The van der Waals surface area contributed by atoms with Crippen LogP contribution in [0.1, 0.15) is 20.8 Å². The van der Waals surface area contributed by atoms with Crippen molar-refractivity contribution in [2.75, 3.05) is 7.11 Å². The van der Waals surface area contributed by atoms with Gasteiger partial charge in [-0.15, -0.1) is 0 Å². The van der Waals surface area contributed by atoms with Crippen LogP contribution in [0.3, 0.4) is 0 Å². The van der Waals surface area contributed by atoms with Crippen molar-refractivity contribution in [3.8, 4) is 0 Å². The monoisotopic (exact) mass is 231 g/mol. The maximum atomic E-state index is 11.5. The van der Waals surface area contributed by atoms with E-state index in [0.717, 1.165) is 0 Å². The number of carbonyl (C=O) groups is 2. The van der Waals surface area contributed by atoms with Gasteiger partial charge in [0.25, 0.3) is 0 Å². The fourth-order valence-corrected chi connectivity index (χ4v) is 1.78. The quantitative estimate of drug-likeness (QED) is 0.238. The van der Waals surface area contributed by atoms with Gasteiger partial charge in [0.1, 0.15) is 11.2 Å². The molecular formula is C10H14ClNO3. The Labute approximate surface area is 93.8 Å². The molecule has 1 heterocycles. The second-order valence-electron chi connectivity index (χ2n) is 3.71. The Morgan fingerprint density at radius 1 is 1.47 bits per heavy atom. The molecule has 0 saturated carbocycles. The number of halogens is 1. The molecule has 15 heavy (non-hydrogen) atoms. The fourth-order valence-electron chi connectivity index (χ4n) is 1.47. The summed E-state index contributed by atoms with van der Waals surface area (Å²) in [6.45, 7) is 5.22. The number of amides is 1. The summed E-state index contributed by atoms with van der Waals surface area (Å²) in [6, 6.07) is 0. The minimum atomic E-state index is -0.527. The zero-order valence-electron chi connectivity index (χ0n) is 9.20. The SMILES string of the molecule is COC(=O)C(=C(C)C)N1C(=O)[C@@H](C)[C@H]1Cl. The van der Waals surface area contributed by atoms with E-state index in [1.165, 1.54) is 12.0 Å². The van der Waals surface area contributed by atoms with Gasteiger partial charge in [0.05, 0.1) is 13.0 Å². The van der Waals surface area contributed by atoms with Crippen molar-refractivity contribution in [2.24, 2.45) is 5.92 Å². The summed E-state index contributed by atoms with van der Waals surface area (Å²) in [5, 5.41) is 0. The number of carbonyl (C=O) groups excluding carboxylic acids is 2. The average Bonchev–Trinajstić information content (AvgIpc) is 2.22. The van der Waals surface area contributed by atoms with E-state index in [2.05, 4.69) is 4.74 Å². The largest absolute Gasteiger partial charge is 0.464 e. The number of ether oxygens (including phenoxy) is 1. The van der Waals surface area contributed by atoms with Crippen LogP contribution in [0, 0.1) is 5.92 Å². The summed E-state index contributed by atoms with van der Waals surface area (Å²) in [6.07, 6.45) is 0. The number of methoxy groups -OCH3 is 1. The molecular weight excluding hydrogens is 218 g/mol. The number of hydrogen-bond donors (Lipinski definition) is 0. The highest BCUT2D eigenvalue weighted by atomic mass is 35.5. The molecule has 1 amide bonds. The second kappa shape index (κ2) is 4.23. The minimum absolute atomic E-state index is 0.142. The van der Waals surface area contributed by atoms with Gasteiger partial charge >= 0.3 is 5.97 Å². The first-order valence-electron chi connectivity index (χ1n) is 4.64. The van der Waals surface area contributed by atoms with Crippen molar-refractivity contribution in [3.63, 3.8) is 0 Å². The summed E-state index contributed by atoms with van der Waals surface area (Å²) >= 11 is 5.96. The summed E-state index contributed by atoms with van der Waals surface area (Å²) in [7, 11) is 1.28. The number of esters is 1. The summed E-state index contributed by atoms with van der Waals surface area (Å²) in [4.78, 5) is 24.3. The first kappa shape index (κ1) is 12.0. The molecule has 0 aromatic carbocycles. The van der Waals surface area contributed by atoms with Gasteiger partial charge in [-0.25, -0.2) is 4.79 Å². The Morgan fingerprint density at radius 2 is 2.00 bits per heavy atom. The van der Waals surface area contributed by atoms with Gasteiger partial charge in [-0.05, 0) is 19.4 Å². The number of allylic oxidation sites excluding steroid dienone is 1. The van der Waals surface area contributed by atoms with E-state index < -0.39 is 11.5 Å². The highest BCUT2D eigenvalue weighted by Gasteiger charge is 2.47. The molecule has 1 aliphatic heterocycles. The first-order valence-corrected chi connectivity index (χ1v) is 5.08. The van der Waals surface area contributed by atoms with Gasteiger partial charge in [-0.2, -0.15) is 0 Å². The molecule has 1 saturated heterocycles. The Kier molecular flexibility index (Phi) is 3.39. The topological polar surface area (TPSA) is 46.6 Å². The van der Waals surface area contributed by atoms with Crippen LogP contribution in [0.5, 0.6) is 0 Å². The number of rotatable bonds is 2. The molecule has 0 radical (unpaired) electrons. The lowest BCUT2D eigenvalue weighted by Crippen LogP contribution is -2.57. The second-order valence-corrected chi connectivity index (χ2v) is 4.16. The van der Waals surface area contributed by atoms with Gasteiger partial charge in [0.2, 0.25) is 5.91 Å². The number of β-lactam (4-membered cyclic amide) rings is 1. The minimum Gasteiger partial charge on any atom is -0.464 e. The van der Waals surface area contributed by atoms with Crippen molar-refractivity contribution < 1.29 is 14.3 Å².